The Bertz CT molecular complexity index is 1710. The molecule has 0 fully saturated rings. The van der Waals surface area contributed by atoms with Crippen molar-refractivity contribution in [3.05, 3.63) is 126 Å². The van der Waals surface area contributed by atoms with Crippen LogP contribution in [-0.2, 0) is 0 Å². The van der Waals surface area contributed by atoms with Crippen molar-refractivity contribution in [2.24, 2.45) is 0 Å². The number of benzene rings is 3. The quantitative estimate of drug-likeness (QED) is 0.231. The molecule has 206 valence electrons. The SMILES string of the molecule is CCOc1c(OC)cccc1C(c1c(C)[nH]n(-c2ccccc2Cl)c1=O)c1c(C)[nH]n(-c2ccccc2Cl)c1=O. The van der Waals surface area contributed by atoms with E-state index in [2.05, 4.69) is 10.2 Å². The average molecular weight is 579 g/mol. The van der Waals surface area contributed by atoms with Gasteiger partial charge in [-0.3, -0.25) is 19.8 Å². The summed E-state index contributed by atoms with van der Waals surface area (Å²) in [6.07, 6.45) is 0. The van der Waals surface area contributed by atoms with Gasteiger partial charge >= 0.3 is 0 Å². The van der Waals surface area contributed by atoms with Crippen molar-refractivity contribution in [2.75, 3.05) is 13.7 Å². The lowest BCUT2D eigenvalue weighted by molar-refractivity contribution is 0.307. The fourth-order valence-electron chi connectivity index (χ4n) is 5.08. The molecule has 0 spiro atoms. The maximum Gasteiger partial charge on any atom is 0.275 e. The molecule has 3 aromatic carbocycles. The van der Waals surface area contributed by atoms with E-state index < -0.39 is 5.92 Å². The number of nitrogens with zero attached hydrogens (tertiary/aromatic N) is 2. The predicted octanol–water partition coefficient (Wildman–Crippen LogP) is 6.16. The van der Waals surface area contributed by atoms with Crippen LogP contribution in [0.15, 0.2) is 76.3 Å². The summed E-state index contributed by atoms with van der Waals surface area (Å²) in [6, 6.07) is 19.6. The lowest BCUT2D eigenvalue weighted by atomic mass is 9.84. The molecule has 0 atom stereocenters. The Morgan fingerprint density at radius 2 is 1.27 bits per heavy atom. The second kappa shape index (κ2) is 11.2. The molecule has 0 aliphatic heterocycles. The number of halogens is 2. The third-order valence-corrected chi connectivity index (χ3v) is 7.47. The van der Waals surface area contributed by atoms with Crippen molar-refractivity contribution < 1.29 is 9.47 Å². The molecule has 2 N–H and O–H groups in total. The van der Waals surface area contributed by atoms with E-state index in [9.17, 15) is 9.59 Å². The number of ether oxygens (including phenoxy) is 2. The van der Waals surface area contributed by atoms with Crippen molar-refractivity contribution in [2.45, 2.75) is 26.7 Å². The van der Waals surface area contributed by atoms with E-state index in [-0.39, 0.29) is 11.1 Å². The number of hydrogen-bond acceptors (Lipinski definition) is 4. The molecule has 0 aliphatic rings. The second-order valence-corrected chi connectivity index (χ2v) is 10.0. The summed E-state index contributed by atoms with van der Waals surface area (Å²) < 4.78 is 14.5. The molecular formula is C30H28Cl2N4O4. The van der Waals surface area contributed by atoms with Crippen LogP contribution in [0.1, 0.15) is 40.9 Å². The Morgan fingerprint density at radius 3 is 1.73 bits per heavy atom. The first-order valence-electron chi connectivity index (χ1n) is 12.7. The third-order valence-electron chi connectivity index (χ3n) is 6.83. The molecule has 0 saturated carbocycles. The number of aryl methyl sites for hydroxylation is 2. The standard InChI is InChI=1S/C30H28Cl2N4O4/c1-5-40-28-19(11-10-16-24(28)39-4)27(25-17(2)33-35(29(25)37)22-14-8-6-12-20(22)31)26-18(3)34-36(30(26)38)23-15-9-7-13-21(23)32/h6-16,27,33-34H,5H2,1-4H3. The highest BCUT2D eigenvalue weighted by atomic mass is 35.5. The van der Waals surface area contributed by atoms with E-state index in [1.807, 2.05) is 19.1 Å². The first-order valence-corrected chi connectivity index (χ1v) is 13.5. The van der Waals surface area contributed by atoms with E-state index in [1.54, 1.807) is 75.6 Å². The highest BCUT2D eigenvalue weighted by molar-refractivity contribution is 6.32. The van der Waals surface area contributed by atoms with E-state index in [0.717, 1.165) is 0 Å². The summed E-state index contributed by atoms with van der Waals surface area (Å²) in [6.45, 7) is 5.81. The number of methoxy groups -OCH3 is 1. The van der Waals surface area contributed by atoms with Crippen LogP contribution in [0.4, 0.5) is 0 Å². The van der Waals surface area contributed by atoms with Gasteiger partial charge in [0.25, 0.3) is 11.1 Å². The maximum atomic E-state index is 14.2. The van der Waals surface area contributed by atoms with Crippen LogP contribution in [0.5, 0.6) is 11.5 Å². The fourth-order valence-corrected chi connectivity index (χ4v) is 5.52. The predicted molar refractivity (Wildman–Crippen MR) is 157 cm³/mol. The van der Waals surface area contributed by atoms with E-state index in [1.165, 1.54) is 9.36 Å². The normalized spacial score (nSPS) is 11.3. The van der Waals surface area contributed by atoms with Crippen molar-refractivity contribution >= 4 is 23.2 Å². The van der Waals surface area contributed by atoms with Crippen molar-refractivity contribution in [3.8, 4) is 22.9 Å². The van der Waals surface area contributed by atoms with Crippen LogP contribution in [-0.4, -0.2) is 33.3 Å². The van der Waals surface area contributed by atoms with Crippen LogP contribution in [0.25, 0.3) is 11.4 Å². The lowest BCUT2D eigenvalue weighted by Crippen LogP contribution is -2.26. The molecule has 2 aromatic heterocycles. The van der Waals surface area contributed by atoms with Crippen molar-refractivity contribution in [1.29, 1.82) is 0 Å². The van der Waals surface area contributed by atoms with Gasteiger partial charge in [0.15, 0.2) is 11.5 Å². The number of rotatable bonds is 8. The Labute approximate surface area is 240 Å². The molecule has 0 saturated heterocycles. The van der Waals surface area contributed by atoms with Crippen LogP contribution in [0.3, 0.4) is 0 Å². The maximum absolute atomic E-state index is 14.2. The summed E-state index contributed by atoms with van der Waals surface area (Å²) >= 11 is 12.9. The van der Waals surface area contributed by atoms with Gasteiger partial charge < -0.3 is 9.47 Å². The summed E-state index contributed by atoms with van der Waals surface area (Å²) in [5, 5.41) is 7.14. The minimum Gasteiger partial charge on any atom is -0.493 e. The van der Waals surface area contributed by atoms with Gasteiger partial charge in [-0.05, 0) is 51.1 Å². The molecule has 0 bridgehead atoms. The summed E-state index contributed by atoms with van der Waals surface area (Å²) in [4.78, 5) is 28.3. The van der Waals surface area contributed by atoms with Gasteiger partial charge in [0.1, 0.15) is 0 Å². The molecule has 10 heteroatoms. The molecule has 0 amide bonds. The van der Waals surface area contributed by atoms with Gasteiger partial charge in [0.05, 0.1) is 52.2 Å². The Balaban J connectivity index is 1.85. The highest BCUT2D eigenvalue weighted by Crippen LogP contribution is 2.42. The van der Waals surface area contributed by atoms with Crippen LogP contribution >= 0.6 is 23.2 Å². The molecular weight excluding hydrogens is 551 g/mol. The van der Waals surface area contributed by atoms with E-state index >= 15 is 0 Å². The molecule has 40 heavy (non-hydrogen) atoms. The minimum absolute atomic E-state index is 0.342. The zero-order valence-corrected chi connectivity index (χ0v) is 23.9. The summed E-state index contributed by atoms with van der Waals surface area (Å²) in [5.41, 5.74) is 2.81. The number of aromatic nitrogens is 4. The van der Waals surface area contributed by atoms with E-state index in [0.29, 0.717) is 67.6 Å². The molecule has 5 aromatic rings. The molecule has 0 radical (unpaired) electrons. The lowest BCUT2D eigenvalue weighted by Gasteiger charge is -2.21. The Kier molecular flexibility index (Phi) is 7.65. The molecule has 5 rings (SSSR count). The summed E-state index contributed by atoms with van der Waals surface area (Å²) in [5.74, 6) is 0.117. The fraction of sp³-hybridized carbons (Fsp3) is 0.200. The first kappa shape index (κ1) is 27.4. The second-order valence-electron chi connectivity index (χ2n) is 9.23. The van der Waals surface area contributed by atoms with Gasteiger partial charge in [-0.15, -0.1) is 0 Å². The largest absolute Gasteiger partial charge is 0.493 e. The van der Waals surface area contributed by atoms with Gasteiger partial charge in [-0.25, -0.2) is 9.36 Å². The van der Waals surface area contributed by atoms with Gasteiger partial charge in [0.2, 0.25) is 0 Å². The molecule has 2 heterocycles. The zero-order valence-electron chi connectivity index (χ0n) is 22.4. The van der Waals surface area contributed by atoms with Crippen LogP contribution in [0.2, 0.25) is 10.0 Å². The van der Waals surface area contributed by atoms with Crippen molar-refractivity contribution in [1.82, 2.24) is 19.6 Å². The molecule has 0 aliphatic carbocycles. The number of nitrogens with one attached hydrogen (secondary N) is 2. The first-order chi connectivity index (χ1) is 19.3. The average Bonchev–Trinajstić information content (AvgIpc) is 3.40. The molecule has 8 nitrogen and oxygen atoms in total. The van der Waals surface area contributed by atoms with Crippen LogP contribution in [0, 0.1) is 13.8 Å². The topological polar surface area (TPSA) is 94.0 Å². The van der Waals surface area contributed by atoms with Gasteiger partial charge in [-0.1, -0.05) is 59.6 Å². The van der Waals surface area contributed by atoms with Gasteiger partial charge in [0, 0.05) is 17.0 Å². The Hall–Kier alpha value is -4.14. The number of aromatic amines is 2. The van der Waals surface area contributed by atoms with Gasteiger partial charge in [-0.2, -0.15) is 0 Å². The van der Waals surface area contributed by atoms with Crippen LogP contribution < -0.4 is 20.6 Å². The Morgan fingerprint density at radius 1 is 0.775 bits per heavy atom. The monoisotopic (exact) mass is 578 g/mol. The van der Waals surface area contributed by atoms with Crippen molar-refractivity contribution in [3.63, 3.8) is 0 Å². The smallest absolute Gasteiger partial charge is 0.275 e. The van der Waals surface area contributed by atoms with E-state index in [4.69, 9.17) is 32.7 Å². The molecule has 0 unspecified atom stereocenters. The zero-order chi connectivity index (χ0) is 28.6. The third kappa shape index (κ3) is 4.63. The number of H-pyrrole nitrogens is 2. The highest BCUT2D eigenvalue weighted by Gasteiger charge is 2.34. The minimum atomic E-state index is -0.823. The summed E-state index contributed by atoms with van der Waals surface area (Å²) in [7, 11) is 1.55. The number of hydrogen-bond donors (Lipinski definition) is 2. The number of para-hydroxylation sites is 3.